The molecule has 0 atom stereocenters. The maximum absolute atomic E-state index is 6.18. The van der Waals surface area contributed by atoms with Crippen LogP contribution in [-0.2, 0) is 13.1 Å². The van der Waals surface area contributed by atoms with Crippen LogP contribution in [0.1, 0.15) is 11.3 Å². The van der Waals surface area contributed by atoms with Crippen molar-refractivity contribution in [3.8, 4) is 0 Å². The number of rotatable bonds is 6. The van der Waals surface area contributed by atoms with Gasteiger partial charge in [0, 0.05) is 36.5 Å². The molecule has 0 aliphatic rings. The Balaban J connectivity index is 2.08. The van der Waals surface area contributed by atoms with E-state index < -0.39 is 0 Å². The molecule has 3 heteroatoms. The van der Waals surface area contributed by atoms with E-state index in [1.54, 1.807) is 0 Å². The van der Waals surface area contributed by atoms with E-state index >= 15 is 0 Å². The van der Waals surface area contributed by atoms with E-state index in [1.165, 1.54) is 5.69 Å². The maximum Gasteiger partial charge on any atom is 0.0488 e. The van der Waals surface area contributed by atoms with Gasteiger partial charge in [0.2, 0.25) is 0 Å². The lowest BCUT2D eigenvalue weighted by molar-refractivity contribution is 0.673. The molecule has 0 bridgehead atoms. The fourth-order valence-corrected chi connectivity index (χ4v) is 2.07. The second-order valence-electron chi connectivity index (χ2n) is 4.14. The molecule has 94 valence electrons. The number of halogens is 1. The van der Waals surface area contributed by atoms with Gasteiger partial charge in [-0.2, -0.15) is 0 Å². The molecule has 0 saturated heterocycles. The summed E-state index contributed by atoms with van der Waals surface area (Å²) in [6.45, 7) is 6.15. The van der Waals surface area contributed by atoms with Gasteiger partial charge in [0.05, 0.1) is 0 Å². The van der Waals surface area contributed by atoms with Crippen LogP contribution in [0, 0.1) is 0 Å². The first kappa shape index (κ1) is 12.9. The number of benzene rings is 1. The van der Waals surface area contributed by atoms with Crippen molar-refractivity contribution in [3.05, 3.63) is 71.5 Å². The largest absolute Gasteiger partial charge is 0.346 e. The molecule has 0 amide bonds. The van der Waals surface area contributed by atoms with Crippen molar-refractivity contribution >= 4 is 11.6 Å². The molecule has 2 rings (SSSR count). The third-order valence-corrected chi connectivity index (χ3v) is 3.19. The topological polar surface area (TPSA) is 17.0 Å². The molecule has 0 spiro atoms. The fourth-order valence-electron chi connectivity index (χ4n) is 1.88. The highest BCUT2D eigenvalue weighted by Crippen LogP contribution is 2.17. The SMILES string of the molecule is C=CCNCc1cccn1Cc1ccccc1Cl. The normalized spacial score (nSPS) is 10.5. The molecule has 0 unspecified atom stereocenters. The van der Waals surface area contributed by atoms with Crippen LogP contribution in [0.4, 0.5) is 0 Å². The lowest BCUT2D eigenvalue weighted by Crippen LogP contribution is -2.16. The van der Waals surface area contributed by atoms with Crippen LogP contribution in [0.2, 0.25) is 5.02 Å². The highest BCUT2D eigenvalue weighted by Gasteiger charge is 2.03. The lowest BCUT2D eigenvalue weighted by Gasteiger charge is -2.11. The van der Waals surface area contributed by atoms with Crippen LogP contribution in [0.15, 0.2) is 55.3 Å². The van der Waals surface area contributed by atoms with Gasteiger partial charge in [-0.25, -0.2) is 0 Å². The van der Waals surface area contributed by atoms with Gasteiger partial charge in [-0.3, -0.25) is 0 Å². The molecule has 1 N–H and O–H groups in total. The summed E-state index contributed by atoms with van der Waals surface area (Å²) in [6.07, 6.45) is 3.94. The zero-order chi connectivity index (χ0) is 12.8. The fraction of sp³-hybridized carbons (Fsp3) is 0.200. The smallest absolute Gasteiger partial charge is 0.0488 e. The van der Waals surface area contributed by atoms with Gasteiger partial charge in [-0.1, -0.05) is 35.9 Å². The quantitative estimate of drug-likeness (QED) is 0.622. The maximum atomic E-state index is 6.18. The monoisotopic (exact) mass is 260 g/mol. The minimum Gasteiger partial charge on any atom is -0.346 e. The Morgan fingerprint density at radius 2 is 2.06 bits per heavy atom. The van der Waals surface area contributed by atoms with E-state index in [-0.39, 0.29) is 0 Å². The molecule has 2 nitrogen and oxygen atoms in total. The number of nitrogens with one attached hydrogen (secondary N) is 1. The van der Waals surface area contributed by atoms with Crippen molar-refractivity contribution in [2.45, 2.75) is 13.1 Å². The number of aromatic nitrogens is 1. The minimum atomic E-state index is 0.803. The second-order valence-corrected chi connectivity index (χ2v) is 4.55. The van der Waals surface area contributed by atoms with Crippen LogP contribution < -0.4 is 5.32 Å². The lowest BCUT2D eigenvalue weighted by atomic mass is 10.2. The highest BCUT2D eigenvalue weighted by atomic mass is 35.5. The van der Waals surface area contributed by atoms with E-state index in [1.807, 2.05) is 24.3 Å². The molecule has 0 radical (unpaired) electrons. The Labute approximate surface area is 113 Å². The molecular weight excluding hydrogens is 244 g/mol. The summed E-state index contributed by atoms with van der Waals surface area (Å²) in [5, 5.41) is 4.12. The van der Waals surface area contributed by atoms with Crippen LogP contribution in [0.3, 0.4) is 0 Å². The first-order valence-corrected chi connectivity index (χ1v) is 6.38. The van der Waals surface area contributed by atoms with Gasteiger partial charge >= 0.3 is 0 Å². The summed E-state index contributed by atoms with van der Waals surface area (Å²) < 4.78 is 2.21. The average Bonchev–Trinajstić information content (AvgIpc) is 2.80. The van der Waals surface area contributed by atoms with Crippen molar-refractivity contribution in [1.29, 1.82) is 0 Å². The molecule has 1 aromatic carbocycles. The van der Waals surface area contributed by atoms with Gasteiger partial charge in [-0.05, 0) is 23.8 Å². The Morgan fingerprint density at radius 3 is 2.83 bits per heavy atom. The predicted octanol–water partition coefficient (Wildman–Crippen LogP) is 3.47. The van der Waals surface area contributed by atoms with Crippen molar-refractivity contribution < 1.29 is 0 Å². The molecule has 0 saturated carbocycles. The summed E-state index contributed by atoms with van der Waals surface area (Å²) in [5.41, 5.74) is 2.39. The molecule has 0 aliphatic heterocycles. The number of nitrogens with zero attached hydrogens (tertiary/aromatic N) is 1. The second kappa shape index (κ2) is 6.43. The highest BCUT2D eigenvalue weighted by molar-refractivity contribution is 6.31. The van der Waals surface area contributed by atoms with Crippen molar-refractivity contribution in [2.24, 2.45) is 0 Å². The summed E-state index contributed by atoms with van der Waals surface area (Å²) in [5.74, 6) is 0. The Bertz CT molecular complexity index is 517. The third kappa shape index (κ3) is 3.25. The van der Waals surface area contributed by atoms with Crippen LogP contribution in [0.25, 0.3) is 0 Å². The van der Waals surface area contributed by atoms with Gasteiger partial charge < -0.3 is 9.88 Å². The van der Waals surface area contributed by atoms with Crippen LogP contribution >= 0.6 is 11.6 Å². The molecular formula is C15H17ClN2. The zero-order valence-corrected chi connectivity index (χ0v) is 11.0. The van der Waals surface area contributed by atoms with Gasteiger partial charge in [0.15, 0.2) is 0 Å². The van der Waals surface area contributed by atoms with Gasteiger partial charge in [-0.15, -0.1) is 6.58 Å². The van der Waals surface area contributed by atoms with Gasteiger partial charge in [0.25, 0.3) is 0 Å². The Hall–Kier alpha value is -1.51. The van der Waals surface area contributed by atoms with E-state index in [2.05, 4.69) is 40.9 Å². The van der Waals surface area contributed by atoms with E-state index in [0.29, 0.717) is 0 Å². The predicted molar refractivity (Wildman–Crippen MR) is 76.9 cm³/mol. The number of hydrogen-bond acceptors (Lipinski definition) is 1. The molecule has 0 fully saturated rings. The number of hydrogen-bond donors (Lipinski definition) is 1. The summed E-state index contributed by atoms with van der Waals surface area (Å²) >= 11 is 6.18. The van der Waals surface area contributed by atoms with E-state index in [4.69, 9.17) is 11.6 Å². The Kier molecular flexibility index (Phi) is 4.62. The van der Waals surface area contributed by atoms with Crippen LogP contribution in [-0.4, -0.2) is 11.1 Å². The molecule has 18 heavy (non-hydrogen) atoms. The average molecular weight is 261 g/mol. The molecule has 0 aliphatic carbocycles. The summed E-state index contributed by atoms with van der Waals surface area (Å²) in [7, 11) is 0. The standard InChI is InChI=1S/C15H17ClN2/c1-2-9-17-11-14-7-5-10-18(14)12-13-6-3-4-8-15(13)16/h2-8,10,17H,1,9,11-12H2. The van der Waals surface area contributed by atoms with E-state index in [0.717, 1.165) is 30.2 Å². The van der Waals surface area contributed by atoms with E-state index in [9.17, 15) is 0 Å². The molecule has 2 aromatic rings. The van der Waals surface area contributed by atoms with Crippen molar-refractivity contribution in [3.63, 3.8) is 0 Å². The van der Waals surface area contributed by atoms with Gasteiger partial charge in [0.1, 0.15) is 0 Å². The van der Waals surface area contributed by atoms with Crippen molar-refractivity contribution in [1.82, 2.24) is 9.88 Å². The molecule has 1 aromatic heterocycles. The summed E-state index contributed by atoms with van der Waals surface area (Å²) in [4.78, 5) is 0. The minimum absolute atomic E-state index is 0.803. The molecule has 1 heterocycles. The Morgan fingerprint density at radius 1 is 1.22 bits per heavy atom. The first-order valence-electron chi connectivity index (χ1n) is 6.00. The van der Waals surface area contributed by atoms with Crippen LogP contribution in [0.5, 0.6) is 0 Å². The third-order valence-electron chi connectivity index (χ3n) is 2.82. The zero-order valence-electron chi connectivity index (χ0n) is 10.3. The first-order chi connectivity index (χ1) is 8.81. The van der Waals surface area contributed by atoms with Crippen molar-refractivity contribution in [2.75, 3.05) is 6.54 Å². The summed E-state index contributed by atoms with van der Waals surface area (Å²) in [6, 6.07) is 12.1.